The van der Waals surface area contributed by atoms with Crippen molar-refractivity contribution >= 4 is 17.8 Å². The fourth-order valence-electron chi connectivity index (χ4n) is 4.10. The average molecular weight is 351 g/mol. The molecule has 0 heterocycles. The van der Waals surface area contributed by atoms with E-state index in [4.69, 9.17) is 5.11 Å². The van der Waals surface area contributed by atoms with Crippen LogP contribution in [0.4, 0.5) is 0 Å². The van der Waals surface area contributed by atoms with E-state index < -0.39 is 23.3 Å². The molecule has 1 atom stereocenters. The van der Waals surface area contributed by atoms with Gasteiger partial charge in [-0.1, -0.05) is 25.5 Å². The fourth-order valence-corrected chi connectivity index (χ4v) is 4.10. The SMILES string of the molecule is CCCC(CC1(C(=O)NC2CCC(C(=O)O)CC2)CC=CC1)C(=O)O. The van der Waals surface area contributed by atoms with Crippen LogP contribution in [0.25, 0.3) is 0 Å². The first-order valence-electron chi connectivity index (χ1n) is 9.29. The largest absolute Gasteiger partial charge is 0.481 e. The number of carbonyl (C=O) groups excluding carboxylic acids is 1. The second-order valence-electron chi connectivity index (χ2n) is 7.55. The van der Waals surface area contributed by atoms with Crippen LogP contribution < -0.4 is 5.32 Å². The smallest absolute Gasteiger partial charge is 0.306 e. The van der Waals surface area contributed by atoms with E-state index >= 15 is 0 Å². The van der Waals surface area contributed by atoms with Gasteiger partial charge in [0.05, 0.1) is 17.3 Å². The quantitative estimate of drug-likeness (QED) is 0.583. The van der Waals surface area contributed by atoms with E-state index in [2.05, 4.69) is 5.32 Å². The maximum absolute atomic E-state index is 13.0. The predicted octanol–water partition coefficient (Wildman–Crippen LogP) is 2.97. The third kappa shape index (κ3) is 4.83. The van der Waals surface area contributed by atoms with Crippen molar-refractivity contribution in [3.8, 4) is 0 Å². The lowest BCUT2D eigenvalue weighted by atomic mass is 9.74. The van der Waals surface area contributed by atoms with Crippen LogP contribution in [0.1, 0.15) is 64.7 Å². The molecule has 2 rings (SSSR count). The molecule has 2 aliphatic rings. The summed E-state index contributed by atoms with van der Waals surface area (Å²) in [4.78, 5) is 35.5. The minimum atomic E-state index is -0.831. The zero-order valence-electron chi connectivity index (χ0n) is 14.9. The maximum atomic E-state index is 13.0. The van der Waals surface area contributed by atoms with E-state index in [1.165, 1.54) is 0 Å². The molecule has 0 aromatic rings. The Morgan fingerprint density at radius 3 is 2.20 bits per heavy atom. The van der Waals surface area contributed by atoms with Gasteiger partial charge in [-0.3, -0.25) is 14.4 Å². The first kappa shape index (κ1) is 19.5. The molecular weight excluding hydrogens is 322 g/mol. The van der Waals surface area contributed by atoms with Gasteiger partial charge < -0.3 is 15.5 Å². The van der Waals surface area contributed by atoms with Crippen molar-refractivity contribution in [2.45, 2.75) is 70.8 Å². The maximum Gasteiger partial charge on any atom is 0.306 e. The summed E-state index contributed by atoms with van der Waals surface area (Å²) < 4.78 is 0. The molecule has 6 nitrogen and oxygen atoms in total. The van der Waals surface area contributed by atoms with Crippen molar-refractivity contribution in [1.29, 1.82) is 0 Å². The average Bonchev–Trinajstić information content (AvgIpc) is 3.05. The summed E-state index contributed by atoms with van der Waals surface area (Å²) in [6.07, 6.45) is 9.31. The highest BCUT2D eigenvalue weighted by Gasteiger charge is 2.43. The molecule has 1 saturated carbocycles. The van der Waals surface area contributed by atoms with Crippen molar-refractivity contribution < 1.29 is 24.6 Å². The molecule has 25 heavy (non-hydrogen) atoms. The second kappa shape index (κ2) is 8.50. The van der Waals surface area contributed by atoms with Crippen molar-refractivity contribution in [3.05, 3.63) is 12.2 Å². The molecule has 0 aromatic heterocycles. The van der Waals surface area contributed by atoms with Crippen LogP contribution >= 0.6 is 0 Å². The number of hydrogen-bond donors (Lipinski definition) is 3. The van der Waals surface area contributed by atoms with Crippen LogP contribution in [0.2, 0.25) is 0 Å². The van der Waals surface area contributed by atoms with Gasteiger partial charge in [-0.2, -0.15) is 0 Å². The minimum absolute atomic E-state index is 0.00460. The zero-order chi connectivity index (χ0) is 18.4. The summed E-state index contributed by atoms with van der Waals surface area (Å²) in [5.41, 5.74) is -0.665. The molecule has 1 amide bonds. The Hall–Kier alpha value is -1.85. The minimum Gasteiger partial charge on any atom is -0.481 e. The lowest BCUT2D eigenvalue weighted by Crippen LogP contribution is -2.47. The number of amides is 1. The van der Waals surface area contributed by atoms with Gasteiger partial charge in [0.15, 0.2) is 0 Å². The Morgan fingerprint density at radius 1 is 1.12 bits per heavy atom. The molecule has 0 aliphatic heterocycles. The van der Waals surface area contributed by atoms with Crippen molar-refractivity contribution in [1.82, 2.24) is 5.32 Å². The Morgan fingerprint density at radius 2 is 1.72 bits per heavy atom. The Labute approximate surface area is 148 Å². The van der Waals surface area contributed by atoms with E-state index in [0.29, 0.717) is 51.4 Å². The van der Waals surface area contributed by atoms with Gasteiger partial charge in [-0.05, 0) is 51.4 Å². The van der Waals surface area contributed by atoms with Crippen LogP contribution in [0.15, 0.2) is 12.2 Å². The third-order valence-corrected chi connectivity index (χ3v) is 5.70. The first-order chi connectivity index (χ1) is 11.9. The summed E-state index contributed by atoms with van der Waals surface area (Å²) in [5.74, 6) is -2.47. The highest BCUT2D eigenvalue weighted by Crippen LogP contribution is 2.41. The van der Waals surface area contributed by atoms with E-state index in [1.54, 1.807) is 0 Å². The lowest BCUT2D eigenvalue weighted by molar-refractivity contribution is -0.144. The van der Waals surface area contributed by atoms with Gasteiger partial charge in [-0.25, -0.2) is 0 Å². The summed E-state index contributed by atoms with van der Waals surface area (Å²) in [7, 11) is 0. The van der Waals surface area contributed by atoms with Crippen molar-refractivity contribution in [2.24, 2.45) is 17.3 Å². The summed E-state index contributed by atoms with van der Waals surface area (Å²) in [6, 6.07) is -0.00460. The van der Waals surface area contributed by atoms with Crippen molar-refractivity contribution in [2.75, 3.05) is 0 Å². The van der Waals surface area contributed by atoms with Gasteiger partial charge in [0.25, 0.3) is 0 Å². The highest BCUT2D eigenvalue weighted by molar-refractivity contribution is 5.84. The van der Waals surface area contributed by atoms with Crippen LogP contribution in [-0.4, -0.2) is 34.1 Å². The molecule has 0 aromatic carbocycles. The first-order valence-corrected chi connectivity index (χ1v) is 9.29. The molecule has 0 spiro atoms. The number of allylic oxidation sites excluding steroid dienone is 2. The van der Waals surface area contributed by atoms with E-state index in [-0.39, 0.29) is 17.9 Å². The second-order valence-corrected chi connectivity index (χ2v) is 7.55. The number of hydrogen-bond acceptors (Lipinski definition) is 3. The molecular formula is C19H29NO5. The normalized spacial score (nSPS) is 26.1. The molecule has 2 aliphatic carbocycles. The summed E-state index contributed by atoms with van der Waals surface area (Å²) in [5, 5.41) is 21.6. The molecule has 0 bridgehead atoms. The lowest BCUT2D eigenvalue weighted by Gasteiger charge is -2.34. The molecule has 0 saturated heterocycles. The predicted molar refractivity (Wildman–Crippen MR) is 93.0 cm³/mol. The number of carboxylic acid groups (broad SMARTS) is 2. The van der Waals surface area contributed by atoms with Gasteiger partial charge >= 0.3 is 11.9 Å². The Balaban J connectivity index is 1.98. The number of carboxylic acids is 2. The molecule has 6 heteroatoms. The van der Waals surface area contributed by atoms with Gasteiger partial charge in [0, 0.05) is 6.04 Å². The molecule has 1 unspecified atom stereocenters. The van der Waals surface area contributed by atoms with E-state index in [9.17, 15) is 19.5 Å². The number of aliphatic carboxylic acids is 2. The number of carbonyl (C=O) groups is 3. The van der Waals surface area contributed by atoms with Crippen LogP contribution in [0, 0.1) is 17.3 Å². The van der Waals surface area contributed by atoms with Gasteiger partial charge in [-0.15, -0.1) is 0 Å². The van der Waals surface area contributed by atoms with E-state index in [0.717, 1.165) is 6.42 Å². The van der Waals surface area contributed by atoms with Crippen LogP contribution in [-0.2, 0) is 14.4 Å². The summed E-state index contributed by atoms with van der Waals surface area (Å²) >= 11 is 0. The molecule has 3 N–H and O–H groups in total. The molecule has 140 valence electrons. The van der Waals surface area contributed by atoms with Gasteiger partial charge in [0.2, 0.25) is 5.91 Å². The Kier molecular flexibility index (Phi) is 6.62. The third-order valence-electron chi connectivity index (χ3n) is 5.70. The van der Waals surface area contributed by atoms with Crippen LogP contribution in [0.5, 0.6) is 0 Å². The topological polar surface area (TPSA) is 104 Å². The zero-order valence-corrected chi connectivity index (χ0v) is 14.9. The molecule has 0 radical (unpaired) electrons. The Bertz CT molecular complexity index is 526. The van der Waals surface area contributed by atoms with Crippen molar-refractivity contribution in [3.63, 3.8) is 0 Å². The summed E-state index contributed by atoms with van der Waals surface area (Å²) in [6.45, 7) is 1.95. The standard InChI is InChI=1S/C19H29NO5/c1-2-5-14(17(23)24)12-19(10-3-4-11-19)18(25)20-15-8-6-13(7-9-15)16(21)22/h3-4,13-15H,2,5-12H2,1H3,(H,20,25)(H,21,22)(H,23,24). The molecule has 1 fully saturated rings. The van der Waals surface area contributed by atoms with Crippen LogP contribution in [0.3, 0.4) is 0 Å². The number of nitrogens with one attached hydrogen (secondary N) is 1. The van der Waals surface area contributed by atoms with E-state index in [1.807, 2.05) is 19.1 Å². The monoisotopic (exact) mass is 351 g/mol. The fraction of sp³-hybridized carbons (Fsp3) is 0.737. The van der Waals surface area contributed by atoms with Gasteiger partial charge in [0.1, 0.15) is 0 Å². The number of rotatable bonds is 8. The highest BCUT2D eigenvalue weighted by atomic mass is 16.4.